The molecule has 0 atom stereocenters. The molecule has 1 aromatic carbocycles. The van der Waals surface area contributed by atoms with E-state index >= 15 is 0 Å². The summed E-state index contributed by atoms with van der Waals surface area (Å²) in [6.45, 7) is 7.63. The van der Waals surface area contributed by atoms with Gasteiger partial charge in [0.15, 0.2) is 0 Å². The van der Waals surface area contributed by atoms with Crippen LogP contribution in [0.15, 0.2) is 41.7 Å². The molecule has 0 unspecified atom stereocenters. The number of rotatable bonds is 5. The van der Waals surface area contributed by atoms with Crippen molar-refractivity contribution in [3.63, 3.8) is 0 Å². The van der Waals surface area contributed by atoms with E-state index in [0.717, 1.165) is 18.5 Å². The van der Waals surface area contributed by atoms with Crippen molar-refractivity contribution >= 4 is 17.7 Å². The molecule has 130 valence electrons. The maximum absolute atomic E-state index is 12.7. The maximum Gasteiger partial charge on any atom is 0.514 e. The van der Waals surface area contributed by atoms with E-state index in [9.17, 15) is 9.59 Å². The van der Waals surface area contributed by atoms with Gasteiger partial charge in [-0.2, -0.15) is 0 Å². The van der Waals surface area contributed by atoms with Crippen molar-refractivity contribution in [1.82, 2.24) is 0 Å². The molecule has 0 saturated heterocycles. The number of ether oxygens (including phenoxy) is 2. The summed E-state index contributed by atoms with van der Waals surface area (Å²) in [6, 6.07) is 9.38. The van der Waals surface area contributed by atoms with Crippen molar-refractivity contribution in [3.05, 3.63) is 41.7 Å². The maximum atomic E-state index is 12.7. The lowest BCUT2D eigenvalue weighted by atomic mass is 10.1. The van der Waals surface area contributed by atoms with Gasteiger partial charge in [-0.05, 0) is 45.7 Å². The fourth-order valence-corrected chi connectivity index (χ4v) is 2.47. The standard InChI is InChI=1S/C19H25NO4/c1-5-6-12-15-16(23-18(22)24-19(2,3)4)13-20(17(15)21)14-10-8-7-9-11-14/h7-11H,5-6,12-13H2,1-4H3. The van der Waals surface area contributed by atoms with Crippen LogP contribution in [0.2, 0.25) is 0 Å². The Morgan fingerprint density at radius 1 is 1.21 bits per heavy atom. The van der Waals surface area contributed by atoms with E-state index in [1.165, 1.54) is 0 Å². The number of anilines is 1. The molecule has 0 bridgehead atoms. The largest absolute Gasteiger partial charge is 0.514 e. The summed E-state index contributed by atoms with van der Waals surface area (Å²) in [6.07, 6.45) is 1.65. The van der Waals surface area contributed by atoms with Crippen molar-refractivity contribution < 1.29 is 19.1 Å². The number of nitrogens with zero attached hydrogens (tertiary/aromatic N) is 1. The molecular weight excluding hydrogens is 306 g/mol. The van der Waals surface area contributed by atoms with Crippen LogP contribution in [0.3, 0.4) is 0 Å². The van der Waals surface area contributed by atoms with E-state index < -0.39 is 11.8 Å². The first-order valence-electron chi connectivity index (χ1n) is 8.31. The summed E-state index contributed by atoms with van der Waals surface area (Å²) in [5.74, 6) is 0.291. The zero-order valence-electron chi connectivity index (χ0n) is 14.8. The monoisotopic (exact) mass is 331 g/mol. The van der Waals surface area contributed by atoms with Gasteiger partial charge in [-0.1, -0.05) is 31.5 Å². The molecule has 0 radical (unpaired) electrons. The van der Waals surface area contributed by atoms with E-state index in [1.807, 2.05) is 30.3 Å². The van der Waals surface area contributed by atoms with Crippen LogP contribution in [0.25, 0.3) is 0 Å². The Morgan fingerprint density at radius 2 is 1.88 bits per heavy atom. The minimum absolute atomic E-state index is 0.104. The van der Waals surface area contributed by atoms with Gasteiger partial charge in [-0.3, -0.25) is 4.79 Å². The lowest BCUT2D eigenvalue weighted by Gasteiger charge is -2.19. The van der Waals surface area contributed by atoms with Gasteiger partial charge >= 0.3 is 6.16 Å². The Hall–Kier alpha value is -2.30. The molecule has 0 N–H and O–H groups in total. The van der Waals surface area contributed by atoms with E-state index in [-0.39, 0.29) is 12.5 Å². The molecule has 0 aromatic heterocycles. The average Bonchev–Trinajstić information content (AvgIpc) is 2.80. The highest BCUT2D eigenvalue weighted by Crippen LogP contribution is 2.29. The second-order valence-electron chi connectivity index (χ2n) is 6.80. The highest BCUT2D eigenvalue weighted by molar-refractivity contribution is 6.09. The van der Waals surface area contributed by atoms with Crippen LogP contribution in [0.4, 0.5) is 10.5 Å². The smallest absolute Gasteiger partial charge is 0.428 e. The summed E-state index contributed by atoms with van der Waals surface area (Å²) in [5, 5.41) is 0. The molecule has 0 fully saturated rings. The van der Waals surface area contributed by atoms with Crippen LogP contribution >= 0.6 is 0 Å². The Kier molecular flexibility index (Phi) is 5.65. The van der Waals surface area contributed by atoms with E-state index in [2.05, 4.69) is 6.92 Å². The van der Waals surface area contributed by atoms with Crippen molar-refractivity contribution in [2.75, 3.05) is 11.4 Å². The number of carbonyl (C=O) groups is 2. The molecule has 1 heterocycles. The van der Waals surface area contributed by atoms with Crippen molar-refractivity contribution in [2.24, 2.45) is 0 Å². The Balaban J connectivity index is 2.18. The molecule has 1 aliphatic heterocycles. The molecule has 0 spiro atoms. The van der Waals surface area contributed by atoms with Crippen molar-refractivity contribution in [2.45, 2.75) is 52.6 Å². The number of hydrogen-bond donors (Lipinski definition) is 0. The zero-order valence-corrected chi connectivity index (χ0v) is 14.8. The zero-order chi connectivity index (χ0) is 17.7. The minimum Gasteiger partial charge on any atom is -0.428 e. The number of para-hydroxylation sites is 1. The number of hydrogen-bond acceptors (Lipinski definition) is 4. The van der Waals surface area contributed by atoms with Crippen LogP contribution in [0, 0.1) is 0 Å². The molecular formula is C19H25NO4. The van der Waals surface area contributed by atoms with Crippen LogP contribution in [-0.4, -0.2) is 24.2 Å². The lowest BCUT2D eigenvalue weighted by molar-refractivity contribution is -0.114. The summed E-state index contributed by atoms with van der Waals surface area (Å²) in [7, 11) is 0. The van der Waals surface area contributed by atoms with E-state index in [1.54, 1.807) is 25.7 Å². The number of carbonyl (C=O) groups excluding carboxylic acids is 2. The van der Waals surface area contributed by atoms with Gasteiger partial charge in [0.1, 0.15) is 11.4 Å². The molecule has 0 aliphatic carbocycles. The van der Waals surface area contributed by atoms with Crippen LogP contribution in [-0.2, 0) is 14.3 Å². The topological polar surface area (TPSA) is 55.8 Å². The predicted octanol–water partition coefficient (Wildman–Crippen LogP) is 4.43. The number of unbranched alkanes of at least 4 members (excludes halogenated alkanes) is 1. The Bertz CT molecular complexity index is 629. The lowest BCUT2D eigenvalue weighted by Crippen LogP contribution is -2.27. The van der Waals surface area contributed by atoms with Gasteiger partial charge in [0.2, 0.25) is 0 Å². The first-order chi connectivity index (χ1) is 11.3. The summed E-state index contributed by atoms with van der Waals surface area (Å²) in [4.78, 5) is 26.3. The molecule has 1 aliphatic rings. The van der Waals surface area contributed by atoms with Gasteiger partial charge < -0.3 is 14.4 Å². The van der Waals surface area contributed by atoms with E-state index in [0.29, 0.717) is 17.8 Å². The highest BCUT2D eigenvalue weighted by Gasteiger charge is 2.34. The minimum atomic E-state index is -0.769. The molecule has 24 heavy (non-hydrogen) atoms. The highest BCUT2D eigenvalue weighted by atomic mass is 16.7. The molecule has 1 aromatic rings. The van der Waals surface area contributed by atoms with Crippen molar-refractivity contribution in [1.29, 1.82) is 0 Å². The normalized spacial score (nSPS) is 15.0. The van der Waals surface area contributed by atoms with Crippen molar-refractivity contribution in [3.8, 4) is 0 Å². The third-order valence-electron chi connectivity index (χ3n) is 3.59. The third kappa shape index (κ3) is 4.60. The first kappa shape index (κ1) is 18.0. The molecule has 5 nitrogen and oxygen atoms in total. The molecule has 0 saturated carbocycles. The SMILES string of the molecule is CCCCC1=C(OC(=O)OC(C)(C)C)CN(c2ccccc2)C1=O. The van der Waals surface area contributed by atoms with Gasteiger partial charge in [-0.15, -0.1) is 0 Å². The summed E-state index contributed by atoms with van der Waals surface area (Å²) < 4.78 is 10.6. The van der Waals surface area contributed by atoms with Gasteiger partial charge in [-0.25, -0.2) is 4.79 Å². The quantitative estimate of drug-likeness (QED) is 0.749. The fourth-order valence-electron chi connectivity index (χ4n) is 2.47. The molecule has 2 rings (SSSR count). The van der Waals surface area contributed by atoms with Gasteiger partial charge in [0.25, 0.3) is 5.91 Å². The van der Waals surface area contributed by atoms with Gasteiger partial charge in [0, 0.05) is 5.69 Å². The second-order valence-corrected chi connectivity index (χ2v) is 6.80. The number of amides is 1. The third-order valence-corrected chi connectivity index (χ3v) is 3.59. The van der Waals surface area contributed by atoms with Gasteiger partial charge in [0.05, 0.1) is 12.1 Å². The first-order valence-corrected chi connectivity index (χ1v) is 8.31. The second kappa shape index (κ2) is 7.51. The van der Waals surface area contributed by atoms with Crippen LogP contribution in [0.1, 0.15) is 47.0 Å². The van der Waals surface area contributed by atoms with Crippen LogP contribution < -0.4 is 4.90 Å². The van der Waals surface area contributed by atoms with E-state index in [4.69, 9.17) is 9.47 Å². The van der Waals surface area contributed by atoms with Crippen LogP contribution in [0.5, 0.6) is 0 Å². The Morgan fingerprint density at radius 3 is 2.46 bits per heavy atom. The predicted molar refractivity (Wildman–Crippen MR) is 92.7 cm³/mol. The number of benzene rings is 1. The summed E-state index contributed by atoms with van der Waals surface area (Å²) >= 11 is 0. The molecule has 1 amide bonds. The Labute approximate surface area is 143 Å². The summed E-state index contributed by atoms with van der Waals surface area (Å²) in [5.41, 5.74) is 0.717. The molecule has 5 heteroatoms. The fraction of sp³-hybridized carbons (Fsp3) is 0.474. The average molecular weight is 331 g/mol.